The summed E-state index contributed by atoms with van der Waals surface area (Å²) in [5, 5.41) is 8.01. The zero-order chi connectivity index (χ0) is 22.9. The molecule has 3 N–H and O–H groups in total. The van der Waals surface area contributed by atoms with Gasteiger partial charge in [-0.2, -0.15) is 14.4 Å². The van der Waals surface area contributed by atoms with Crippen LogP contribution in [0.4, 0.5) is 5.69 Å². The monoisotopic (exact) mass is 453 g/mol. The zero-order valence-corrected chi connectivity index (χ0v) is 20.1. The van der Waals surface area contributed by atoms with Crippen LogP contribution in [-0.2, 0) is 41.0 Å². The van der Waals surface area contributed by atoms with E-state index in [0.29, 0.717) is 16.5 Å². The summed E-state index contributed by atoms with van der Waals surface area (Å²) in [7, 11) is -1.61. The predicted octanol–water partition coefficient (Wildman–Crippen LogP) is 4.99. The first-order chi connectivity index (χ1) is 15.2. The molecule has 2 heterocycles. The van der Waals surface area contributed by atoms with Crippen LogP contribution >= 0.6 is 0 Å². The van der Waals surface area contributed by atoms with Crippen LogP contribution in [0.25, 0.3) is 11.1 Å². The largest absolute Gasteiger partial charge is 0.346 e. The first-order valence-electron chi connectivity index (χ1n) is 11.2. The molecule has 0 spiro atoms. The Morgan fingerprint density at radius 2 is 1.88 bits per heavy atom. The molecule has 1 unspecified atom stereocenters. The van der Waals surface area contributed by atoms with Crippen molar-refractivity contribution in [3.8, 4) is 11.1 Å². The Kier molecular flexibility index (Phi) is 6.51. The first kappa shape index (κ1) is 22.7. The minimum absolute atomic E-state index is 0.358. The van der Waals surface area contributed by atoms with Crippen molar-refractivity contribution in [1.82, 2.24) is 15.1 Å². The summed E-state index contributed by atoms with van der Waals surface area (Å²) < 4.78 is 28.7. The minimum atomic E-state index is -3.46. The highest BCUT2D eigenvalue weighted by molar-refractivity contribution is 7.99. The molecule has 32 heavy (non-hydrogen) atoms. The number of nitrogens with zero attached hydrogens (tertiary/aromatic N) is 2. The lowest BCUT2D eigenvalue weighted by Gasteiger charge is -2.11. The molecule has 1 atom stereocenters. The summed E-state index contributed by atoms with van der Waals surface area (Å²) in [6.45, 7) is 8.07. The van der Waals surface area contributed by atoms with Gasteiger partial charge in [-0.05, 0) is 95.4 Å². The van der Waals surface area contributed by atoms with E-state index < -0.39 is 10.4 Å². The van der Waals surface area contributed by atoms with Gasteiger partial charge in [-0.25, -0.2) is 0 Å². The van der Waals surface area contributed by atoms with Crippen molar-refractivity contribution in [1.29, 1.82) is 0 Å². The van der Waals surface area contributed by atoms with Crippen molar-refractivity contribution < 1.29 is 8.76 Å². The fourth-order valence-corrected chi connectivity index (χ4v) is 5.37. The van der Waals surface area contributed by atoms with Crippen LogP contribution in [0.3, 0.4) is 0 Å². The summed E-state index contributed by atoms with van der Waals surface area (Å²) in [6.07, 6.45) is 3.01. The molecule has 0 aliphatic carbocycles. The zero-order valence-electron chi connectivity index (χ0n) is 19.3. The molecule has 0 saturated carbocycles. The van der Waals surface area contributed by atoms with E-state index in [-0.39, 0.29) is 0 Å². The van der Waals surface area contributed by atoms with Gasteiger partial charge in [0, 0.05) is 13.6 Å². The Bertz CT molecular complexity index is 1150. The molecule has 0 saturated heterocycles. The quantitative estimate of drug-likeness (QED) is 0.460. The first-order valence-corrected chi connectivity index (χ1v) is 12.8. The van der Waals surface area contributed by atoms with E-state index in [1.165, 1.54) is 11.1 Å². The lowest BCUT2D eigenvalue weighted by Crippen LogP contribution is -2.21. The highest BCUT2D eigenvalue weighted by Crippen LogP contribution is 2.30. The molecule has 0 radical (unpaired) electrons. The van der Waals surface area contributed by atoms with Gasteiger partial charge < -0.3 is 5.32 Å². The average Bonchev–Trinajstić information content (AvgIpc) is 2.93. The van der Waals surface area contributed by atoms with Crippen LogP contribution in [0.1, 0.15) is 42.8 Å². The van der Waals surface area contributed by atoms with Gasteiger partial charge in [0.05, 0.1) is 11.4 Å². The Hall–Kier alpha value is -2.48. The van der Waals surface area contributed by atoms with Crippen molar-refractivity contribution in [3.05, 3.63) is 65.0 Å². The van der Waals surface area contributed by atoms with E-state index in [2.05, 4.69) is 47.2 Å². The molecule has 0 fully saturated rings. The molecule has 1 aromatic heterocycles. The lowest BCUT2D eigenvalue weighted by atomic mass is 9.97. The molecule has 2 aromatic carbocycles. The van der Waals surface area contributed by atoms with Gasteiger partial charge >= 0.3 is 10.4 Å². The standard InChI is InChI=1S/C25H32N4O2S/c1-17(2)14-24-25(18(3)29(4)27-24)28-32(30,31)23-11-9-20(10-12-23)21-8-7-19-6-5-13-26-16-22(19)15-21/h7-12,15,17,26H,5-6,13-14,16H2,1-4H3,(H-,28,30,31)/p+1. The van der Waals surface area contributed by atoms with Crippen molar-refractivity contribution in [2.24, 2.45) is 13.0 Å². The maximum atomic E-state index is 13.2. The summed E-state index contributed by atoms with van der Waals surface area (Å²) >= 11 is 0. The van der Waals surface area contributed by atoms with E-state index >= 15 is 0 Å². The smallest absolute Gasteiger partial charge is 0.313 e. The van der Waals surface area contributed by atoms with Gasteiger partial charge in [0.2, 0.25) is 4.90 Å². The number of fused-ring (bicyclic) bond motifs is 1. The second-order valence-corrected chi connectivity index (χ2v) is 10.8. The number of aromatic nitrogens is 2. The highest BCUT2D eigenvalue weighted by Gasteiger charge is 2.32. The molecule has 0 amide bonds. The molecule has 1 aliphatic heterocycles. The van der Waals surface area contributed by atoms with Crippen LogP contribution in [0.15, 0.2) is 47.4 Å². The normalized spacial score (nSPS) is 15.8. The number of hydrogen-bond donors (Lipinski definition) is 3. The van der Waals surface area contributed by atoms with Crippen LogP contribution in [0, 0.1) is 12.8 Å². The van der Waals surface area contributed by atoms with Gasteiger partial charge in [-0.1, -0.05) is 26.0 Å². The molecule has 7 heteroatoms. The third-order valence-electron chi connectivity index (χ3n) is 6.08. The third-order valence-corrected chi connectivity index (χ3v) is 7.47. The van der Waals surface area contributed by atoms with Gasteiger partial charge in [-0.3, -0.25) is 4.68 Å². The molecule has 6 nitrogen and oxygen atoms in total. The summed E-state index contributed by atoms with van der Waals surface area (Å²) in [5.74, 6) is 0.398. The fraction of sp³-hybridized carbons (Fsp3) is 0.400. The van der Waals surface area contributed by atoms with E-state index in [4.69, 9.17) is 0 Å². The number of benzene rings is 2. The Labute approximate surface area is 191 Å². The molecule has 0 bridgehead atoms. The van der Waals surface area contributed by atoms with Gasteiger partial charge in [0.15, 0.2) is 0 Å². The minimum Gasteiger partial charge on any atom is -0.313 e. The van der Waals surface area contributed by atoms with Crippen LogP contribution in [-0.4, -0.2) is 20.9 Å². The topological polar surface area (TPSA) is 79.2 Å². The molecule has 3 aromatic rings. The van der Waals surface area contributed by atoms with Gasteiger partial charge in [-0.15, -0.1) is 0 Å². The Balaban J connectivity index is 1.58. The van der Waals surface area contributed by atoms with Crippen LogP contribution in [0.5, 0.6) is 0 Å². The lowest BCUT2D eigenvalue weighted by molar-refractivity contribution is 0.502. The van der Waals surface area contributed by atoms with E-state index in [0.717, 1.165) is 54.9 Å². The Morgan fingerprint density at radius 3 is 2.59 bits per heavy atom. The second kappa shape index (κ2) is 9.17. The third kappa shape index (κ3) is 4.80. The summed E-state index contributed by atoms with van der Waals surface area (Å²) in [4.78, 5) is 0.358. The van der Waals surface area contributed by atoms with Crippen LogP contribution in [0.2, 0.25) is 0 Å². The number of anilines is 1. The van der Waals surface area contributed by atoms with Crippen LogP contribution < -0.4 is 10.0 Å². The van der Waals surface area contributed by atoms with Crippen molar-refractivity contribution in [2.75, 3.05) is 11.3 Å². The van der Waals surface area contributed by atoms with E-state index in [9.17, 15) is 8.76 Å². The van der Waals surface area contributed by atoms with Crippen molar-refractivity contribution in [2.45, 2.75) is 51.5 Å². The van der Waals surface area contributed by atoms with E-state index in [1.807, 2.05) is 26.1 Å². The van der Waals surface area contributed by atoms with Crippen molar-refractivity contribution >= 4 is 16.1 Å². The van der Waals surface area contributed by atoms with E-state index in [1.54, 1.807) is 16.8 Å². The predicted molar refractivity (Wildman–Crippen MR) is 131 cm³/mol. The molecule has 1 aliphatic rings. The molecular formula is C25H33N4O2S+. The maximum Gasteiger partial charge on any atom is 0.346 e. The SMILES string of the molecule is Cc1c(N[S+](=O)(O)c2ccc(-c3ccc4c(c3)CNCCC4)cc2)c(CC(C)C)nn1C. The van der Waals surface area contributed by atoms with Gasteiger partial charge in [0.1, 0.15) is 5.69 Å². The number of hydrogen-bond acceptors (Lipinski definition) is 3. The fourth-order valence-electron chi connectivity index (χ4n) is 4.21. The Morgan fingerprint density at radius 1 is 1.16 bits per heavy atom. The number of rotatable bonds is 6. The summed E-state index contributed by atoms with van der Waals surface area (Å²) in [6, 6.07) is 13.9. The number of nitrogens with one attached hydrogen (secondary N) is 2. The maximum absolute atomic E-state index is 13.2. The second-order valence-electron chi connectivity index (χ2n) is 9.04. The average molecular weight is 454 g/mol. The molecule has 170 valence electrons. The van der Waals surface area contributed by atoms with Crippen molar-refractivity contribution in [3.63, 3.8) is 0 Å². The highest BCUT2D eigenvalue weighted by atomic mass is 32.3. The van der Waals surface area contributed by atoms with Gasteiger partial charge in [0.25, 0.3) is 0 Å². The number of aryl methyl sites for hydroxylation is 2. The summed E-state index contributed by atoms with van der Waals surface area (Å²) in [5.41, 5.74) is 7.21. The molecular weight excluding hydrogens is 420 g/mol. The molecule has 4 rings (SSSR count).